The van der Waals surface area contributed by atoms with Gasteiger partial charge in [0.2, 0.25) is 0 Å². The van der Waals surface area contributed by atoms with E-state index in [2.05, 4.69) is 15.9 Å². The smallest absolute Gasteiger partial charge is 0.128 e. The topological polar surface area (TPSA) is 26.3 Å². The number of hydrogen-bond donors (Lipinski definition) is 0. The second kappa shape index (κ2) is 5.02. The lowest BCUT2D eigenvalue weighted by Gasteiger charge is -2.07. The lowest BCUT2D eigenvalue weighted by atomic mass is 10.0. The summed E-state index contributed by atoms with van der Waals surface area (Å²) in [6, 6.07) is 7.54. The molecule has 1 rings (SSSR count). The van der Waals surface area contributed by atoms with Crippen molar-refractivity contribution >= 4 is 22.2 Å². The molecule has 0 aromatic heterocycles. The van der Waals surface area contributed by atoms with E-state index >= 15 is 0 Å². The summed E-state index contributed by atoms with van der Waals surface area (Å²) in [5.41, 5.74) is 0.978. The molecule has 0 radical (unpaired) electrons. The molecule has 0 aliphatic carbocycles. The van der Waals surface area contributed by atoms with Crippen molar-refractivity contribution in [3.8, 4) is 5.75 Å². The summed E-state index contributed by atoms with van der Waals surface area (Å²) in [5.74, 6) is 0.695. The molecule has 1 unspecified atom stereocenters. The molecule has 70 valence electrons. The molecule has 1 aromatic carbocycles. The van der Waals surface area contributed by atoms with Gasteiger partial charge in [0, 0.05) is 11.2 Å². The van der Waals surface area contributed by atoms with Gasteiger partial charge >= 0.3 is 0 Å². The van der Waals surface area contributed by atoms with Crippen LogP contribution in [0.5, 0.6) is 5.75 Å². The molecule has 3 heteroatoms. The zero-order valence-electron chi connectivity index (χ0n) is 7.37. The van der Waals surface area contributed by atoms with Crippen LogP contribution in [0.1, 0.15) is 11.5 Å². The van der Waals surface area contributed by atoms with Gasteiger partial charge in [-0.05, 0) is 17.7 Å². The Labute approximate surface area is 86.0 Å². The van der Waals surface area contributed by atoms with Gasteiger partial charge in [-0.25, -0.2) is 0 Å². The molecule has 0 bridgehead atoms. The van der Waals surface area contributed by atoms with Crippen LogP contribution in [-0.2, 0) is 4.79 Å². The van der Waals surface area contributed by atoms with Gasteiger partial charge in [0.15, 0.2) is 0 Å². The number of hydrogen-bond acceptors (Lipinski definition) is 2. The van der Waals surface area contributed by atoms with Gasteiger partial charge in [-0.1, -0.05) is 28.1 Å². The molecule has 0 fully saturated rings. The summed E-state index contributed by atoms with van der Waals surface area (Å²) in [5, 5.41) is 0.643. The Kier molecular flexibility index (Phi) is 3.96. The third-order valence-corrected chi connectivity index (χ3v) is 2.55. The monoisotopic (exact) mass is 242 g/mol. The van der Waals surface area contributed by atoms with Crippen molar-refractivity contribution in [2.75, 3.05) is 12.4 Å². The summed E-state index contributed by atoms with van der Waals surface area (Å²) in [6.45, 7) is 0. The number of alkyl halides is 1. The van der Waals surface area contributed by atoms with Crippen molar-refractivity contribution in [1.29, 1.82) is 0 Å². The van der Waals surface area contributed by atoms with E-state index in [1.54, 1.807) is 7.11 Å². The predicted molar refractivity (Wildman–Crippen MR) is 55.6 cm³/mol. The summed E-state index contributed by atoms with van der Waals surface area (Å²) in [7, 11) is 1.61. The maximum atomic E-state index is 10.7. The molecule has 1 aromatic rings. The zero-order chi connectivity index (χ0) is 9.68. The van der Waals surface area contributed by atoms with Crippen LogP contribution in [0.25, 0.3) is 0 Å². The van der Waals surface area contributed by atoms with Crippen molar-refractivity contribution in [3.63, 3.8) is 0 Å². The Morgan fingerprint density at radius 2 is 2.38 bits per heavy atom. The van der Waals surface area contributed by atoms with Gasteiger partial charge in [-0.2, -0.15) is 0 Å². The average molecular weight is 243 g/mol. The van der Waals surface area contributed by atoms with E-state index in [1.807, 2.05) is 24.3 Å². The van der Waals surface area contributed by atoms with E-state index in [4.69, 9.17) is 4.74 Å². The summed E-state index contributed by atoms with van der Waals surface area (Å²) >= 11 is 3.29. The molecular formula is C10H11BrO2. The molecule has 0 heterocycles. The zero-order valence-corrected chi connectivity index (χ0v) is 8.95. The van der Waals surface area contributed by atoms with Crippen molar-refractivity contribution in [3.05, 3.63) is 29.8 Å². The molecule has 0 aliphatic rings. The van der Waals surface area contributed by atoms with E-state index in [1.165, 1.54) is 0 Å². The number of rotatable bonds is 4. The van der Waals surface area contributed by atoms with E-state index in [0.29, 0.717) is 5.33 Å². The standard InChI is InChI=1S/C10H11BrO2/c1-13-10-4-2-3-8(5-10)9(6-11)7-12/h2-5,7,9H,6H2,1H3. The van der Waals surface area contributed by atoms with E-state index in [-0.39, 0.29) is 5.92 Å². The normalized spacial score (nSPS) is 12.2. The first-order valence-electron chi connectivity index (χ1n) is 3.97. The van der Waals surface area contributed by atoms with Crippen LogP contribution < -0.4 is 4.74 Å². The molecule has 0 saturated heterocycles. The van der Waals surface area contributed by atoms with Crippen LogP contribution in [0.4, 0.5) is 0 Å². The summed E-state index contributed by atoms with van der Waals surface area (Å²) < 4.78 is 5.06. The highest BCUT2D eigenvalue weighted by Crippen LogP contribution is 2.20. The number of benzene rings is 1. The Morgan fingerprint density at radius 1 is 1.62 bits per heavy atom. The highest BCUT2D eigenvalue weighted by molar-refractivity contribution is 9.09. The predicted octanol–water partition coefficient (Wildman–Crippen LogP) is 2.37. The largest absolute Gasteiger partial charge is 0.497 e. The third-order valence-electron chi connectivity index (χ3n) is 1.85. The molecule has 2 nitrogen and oxygen atoms in total. The van der Waals surface area contributed by atoms with Crippen molar-refractivity contribution in [2.45, 2.75) is 5.92 Å². The lowest BCUT2D eigenvalue weighted by molar-refractivity contribution is -0.108. The molecule has 0 N–H and O–H groups in total. The van der Waals surface area contributed by atoms with Gasteiger partial charge in [0.25, 0.3) is 0 Å². The van der Waals surface area contributed by atoms with Crippen LogP contribution >= 0.6 is 15.9 Å². The Bertz CT molecular complexity index is 286. The molecule has 0 amide bonds. The summed E-state index contributed by atoms with van der Waals surface area (Å²) in [6.07, 6.45) is 0.934. The Hall–Kier alpha value is -0.830. The van der Waals surface area contributed by atoms with Crippen LogP contribution in [0, 0.1) is 0 Å². The quantitative estimate of drug-likeness (QED) is 0.599. The number of halogens is 1. The van der Waals surface area contributed by atoms with Gasteiger partial charge in [-0.3, -0.25) is 0 Å². The first-order valence-corrected chi connectivity index (χ1v) is 5.09. The number of carbonyl (C=O) groups excluding carboxylic acids is 1. The SMILES string of the molecule is COc1cccc(C(C=O)CBr)c1. The minimum atomic E-state index is -0.0879. The van der Waals surface area contributed by atoms with Crippen molar-refractivity contribution in [2.24, 2.45) is 0 Å². The van der Waals surface area contributed by atoms with Gasteiger partial charge in [-0.15, -0.1) is 0 Å². The van der Waals surface area contributed by atoms with Crippen molar-refractivity contribution < 1.29 is 9.53 Å². The number of methoxy groups -OCH3 is 1. The fourth-order valence-corrected chi connectivity index (χ4v) is 1.60. The van der Waals surface area contributed by atoms with E-state index in [0.717, 1.165) is 17.6 Å². The van der Waals surface area contributed by atoms with Crippen LogP contribution in [0.3, 0.4) is 0 Å². The van der Waals surface area contributed by atoms with Crippen LogP contribution in [-0.4, -0.2) is 18.7 Å². The molecule has 0 saturated carbocycles. The van der Waals surface area contributed by atoms with Gasteiger partial charge in [0.1, 0.15) is 12.0 Å². The minimum absolute atomic E-state index is 0.0879. The van der Waals surface area contributed by atoms with Crippen LogP contribution in [0.15, 0.2) is 24.3 Å². The maximum Gasteiger partial charge on any atom is 0.128 e. The molecular weight excluding hydrogens is 232 g/mol. The second-order valence-corrected chi connectivity index (χ2v) is 3.32. The molecule has 0 aliphatic heterocycles. The lowest BCUT2D eigenvalue weighted by Crippen LogP contribution is -2.01. The first kappa shape index (κ1) is 10.3. The Morgan fingerprint density at radius 3 is 2.92 bits per heavy atom. The molecule has 1 atom stereocenters. The third kappa shape index (κ3) is 2.56. The second-order valence-electron chi connectivity index (χ2n) is 2.67. The van der Waals surface area contributed by atoms with Crippen LogP contribution in [0.2, 0.25) is 0 Å². The average Bonchev–Trinajstić information content (AvgIpc) is 2.20. The van der Waals surface area contributed by atoms with Gasteiger partial charge in [0.05, 0.1) is 7.11 Å². The molecule has 13 heavy (non-hydrogen) atoms. The fraction of sp³-hybridized carbons (Fsp3) is 0.300. The number of aldehydes is 1. The minimum Gasteiger partial charge on any atom is -0.497 e. The van der Waals surface area contributed by atoms with Gasteiger partial charge < -0.3 is 9.53 Å². The first-order chi connectivity index (χ1) is 6.31. The van der Waals surface area contributed by atoms with E-state index < -0.39 is 0 Å². The van der Waals surface area contributed by atoms with Crippen molar-refractivity contribution in [1.82, 2.24) is 0 Å². The van der Waals surface area contributed by atoms with E-state index in [9.17, 15) is 4.79 Å². The Balaban J connectivity index is 2.92. The summed E-state index contributed by atoms with van der Waals surface area (Å²) in [4.78, 5) is 10.7. The molecule has 0 spiro atoms. The maximum absolute atomic E-state index is 10.7. The fourth-order valence-electron chi connectivity index (χ4n) is 1.08. The highest BCUT2D eigenvalue weighted by atomic mass is 79.9. The highest BCUT2D eigenvalue weighted by Gasteiger charge is 2.08. The number of ether oxygens (including phenoxy) is 1. The number of carbonyl (C=O) groups is 1.